The minimum absolute atomic E-state index is 0.214. The number of hydrogen-bond donors (Lipinski definition) is 1. The Hall–Kier alpha value is -1.58. The molecule has 0 heterocycles. The van der Waals surface area contributed by atoms with Gasteiger partial charge in [0.05, 0.1) is 0 Å². The molecule has 0 aromatic heterocycles. The zero-order chi connectivity index (χ0) is 13.8. The van der Waals surface area contributed by atoms with Gasteiger partial charge in [0.25, 0.3) is 0 Å². The second-order valence-corrected chi connectivity index (χ2v) is 5.08. The molecule has 0 saturated heterocycles. The van der Waals surface area contributed by atoms with Crippen LogP contribution in [0.2, 0.25) is 5.02 Å². The Bertz CT molecular complexity index is 555. The molecule has 0 radical (unpaired) electrons. The molecule has 0 aliphatic rings. The van der Waals surface area contributed by atoms with Crippen LogP contribution in [-0.4, -0.2) is 11.9 Å². The van der Waals surface area contributed by atoms with Crippen LogP contribution in [0, 0.1) is 5.82 Å². The van der Waals surface area contributed by atoms with E-state index in [9.17, 15) is 4.39 Å². The molecule has 0 saturated carbocycles. The minimum atomic E-state index is -0.214. The Balaban J connectivity index is 2.01. The molecule has 2 aromatic carbocycles. The fourth-order valence-electron chi connectivity index (χ4n) is 1.96. The van der Waals surface area contributed by atoms with E-state index in [1.807, 2.05) is 19.2 Å². The molecule has 0 aliphatic heterocycles. The van der Waals surface area contributed by atoms with Crippen molar-refractivity contribution in [1.29, 1.82) is 0 Å². The van der Waals surface area contributed by atoms with Crippen LogP contribution in [0.25, 0.3) is 0 Å². The van der Waals surface area contributed by atoms with E-state index in [0.717, 1.165) is 24.2 Å². The van der Waals surface area contributed by atoms with Gasteiger partial charge in [-0.2, -0.15) is 0 Å². The van der Waals surface area contributed by atoms with Crippen molar-refractivity contribution in [3.05, 3.63) is 64.4 Å². The first-order valence-electron chi connectivity index (χ1n) is 6.01. The van der Waals surface area contributed by atoms with Gasteiger partial charge in [0.1, 0.15) is 5.82 Å². The summed E-state index contributed by atoms with van der Waals surface area (Å²) in [7, 11) is 2.00. The van der Waals surface area contributed by atoms with E-state index in [0.29, 0.717) is 10.7 Å². The minimum Gasteiger partial charge on any atom is -0.398 e. The van der Waals surface area contributed by atoms with Gasteiger partial charge in [0, 0.05) is 23.8 Å². The molecule has 0 atom stereocenters. The summed E-state index contributed by atoms with van der Waals surface area (Å²) in [6.45, 7) is 1.46. The van der Waals surface area contributed by atoms with Crippen LogP contribution >= 0.6 is 11.6 Å². The van der Waals surface area contributed by atoms with Crippen molar-refractivity contribution >= 4 is 17.3 Å². The second kappa shape index (κ2) is 6.04. The number of nitrogen functional groups attached to an aromatic ring is 1. The maximum Gasteiger partial charge on any atom is 0.123 e. The van der Waals surface area contributed by atoms with Crippen molar-refractivity contribution in [1.82, 2.24) is 4.90 Å². The molecule has 4 heteroatoms. The lowest BCUT2D eigenvalue weighted by molar-refractivity contribution is 0.319. The van der Waals surface area contributed by atoms with Crippen molar-refractivity contribution in [3.63, 3.8) is 0 Å². The quantitative estimate of drug-likeness (QED) is 0.864. The third-order valence-electron chi connectivity index (χ3n) is 2.91. The van der Waals surface area contributed by atoms with Crippen molar-refractivity contribution in [2.24, 2.45) is 0 Å². The van der Waals surface area contributed by atoms with E-state index in [1.54, 1.807) is 18.2 Å². The number of halogens is 2. The number of anilines is 1. The maximum absolute atomic E-state index is 12.8. The van der Waals surface area contributed by atoms with E-state index in [1.165, 1.54) is 12.1 Å². The summed E-state index contributed by atoms with van der Waals surface area (Å²) >= 11 is 5.87. The van der Waals surface area contributed by atoms with Crippen LogP contribution in [0.3, 0.4) is 0 Å². The van der Waals surface area contributed by atoms with Gasteiger partial charge < -0.3 is 5.73 Å². The third-order valence-corrected chi connectivity index (χ3v) is 3.15. The normalized spacial score (nSPS) is 10.9. The SMILES string of the molecule is CN(Cc1ccc(F)cc1)Cc1ccc(Cl)cc1N. The number of hydrogen-bond acceptors (Lipinski definition) is 2. The Kier molecular flexibility index (Phi) is 4.40. The van der Waals surface area contributed by atoms with Gasteiger partial charge in [0.15, 0.2) is 0 Å². The van der Waals surface area contributed by atoms with E-state index in [4.69, 9.17) is 17.3 Å². The standard InChI is InChI=1S/C15H16ClFN2/c1-19(9-11-2-6-14(17)7-3-11)10-12-4-5-13(16)8-15(12)18/h2-8H,9-10,18H2,1H3. The van der Waals surface area contributed by atoms with Crippen molar-refractivity contribution in [2.75, 3.05) is 12.8 Å². The first-order chi connectivity index (χ1) is 9.04. The predicted octanol–water partition coefficient (Wildman–Crippen LogP) is 3.69. The molecular formula is C15H16ClFN2. The topological polar surface area (TPSA) is 29.3 Å². The fourth-order valence-corrected chi connectivity index (χ4v) is 2.14. The average Bonchev–Trinajstić information content (AvgIpc) is 2.36. The summed E-state index contributed by atoms with van der Waals surface area (Å²) in [4.78, 5) is 2.12. The molecule has 2 N–H and O–H groups in total. The highest BCUT2D eigenvalue weighted by Crippen LogP contribution is 2.19. The smallest absolute Gasteiger partial charge is 0.123 e. The first-order valence-corrected chi connectivity index (χ1v) is 6.39. The fraction of sp³-hybridized carbons (Fsp3) is 0.200. The Morgan fingerprint density at radius 1 is 1.11 bits per heavy atom. The van der Waals surface area contributed by atoms with Crippen molar-refractivity contribution < 1.29 is 4.39 Å². The van der Waals surface area contributed by atoms with Gasteiger partial charge in [0.2, 0.25) is 0 Å². The Morgan fingerprint density at radius 2 is 1.79 bits per heavy atom. The largest absolute Gasteiger partial charge is 0.398 e. The molecular weight excluding hydrogens is 263 g/mol. The summed E-state index contributed by atoms with van der Waals surface area (Å²) in [5.41, 5.74) is 8.72. The van der Waals surface area contributed by atoms with Crippen LogP contribution in [0.5, 0.6) is 0 Å². The summed E-state index contributed by atoms with van der Waals surface area (Å²) in [6.07, 6.45) is 0. The van der Waals surface area contributed by atoms with E-state index >= 15 is 0 Å². The Labute approximate surface area is 117 Å². The highest BCUT2D eigenvalue weighted by atomic mass is 35.5. The summed E-state index contributed by atoms with van der Waals surface area (Å²) in [5, 5.41) is 0.641. The van der Waals surface area contributed by atoms with Crippen LogP contribution in [0.1, 0.15) is 11.1 Å². The molecule has 0 fully saturated rings. The number of nitrogens with zero attached hydrogens (tertiary/aromatic N) is 1. The summed E-state index contributed by atoms with van der Waals surface area (Å²) in [6, 6.07) is 12.0. The van der Waals surface area contributed by atoms with Crippen molar-refractivity contribution in [3.8, 4) is 0 Å². The van der Waals surface area contributed by atoms with E-state index in [-0.39, 0.29) is 5.82 Å². The maximum atomic E-state index is 12.8. The molecule has 2 nitrogen and oxygen atoms in total. The molecule has 100 valence electrons. The lowest BCUT2D eigenvalue weighted by Crippen LogP contribution is -2.18. The molecule has 19 heavy (non-hydrogen) atoms. The lowest BCUT2D eigenvalue weighted by Gasteiger charge is -2.18. The predicted molar refractivity (Wildman–Crippen MR) is 77.4 cm³/mol. The highest BCUT2D eigenvalue weighted by Gasteiger charge is 2.05. The van der Waals surface area contributed by atoms with Crippen LogP contribution in [-0.2, 0) is 13.1 Å². The number of rotatable bonds is 4. The molecule has 0 unspecified atom stereocenters. The lowest BCUT2D eigenvalue weighted by atomic mass is 10.1. The molecule has 0 spiro atoms. The van der Waals surface area contributed by atoms with Gasteiger partial charge in [-0.25, -0.2) is 4.39 Å². The van der Waals surface area contributed by atoms with Gasteiger partial charge in [-0.05, 0) is 42.4 Å². The summed E-state index contributed by atoms with van der Waals surface area (Å²) < 4.78 is 12.8. The molecule has 2 rings (SSSR count). The number of nitrogens with two attached hydrogens (primary N) is 1. The van der Waals surface area contributed by atoms with Gasteiger partial charge in [-0.3, -0.25) is 4.90 Å². The van der Waals surface area contributed by atoms with Crippen LogP contribution in [0.15, 0.2) is 42.5 Å². The first kappa shape index (κ1) is 13.8. The molecule has 2 aromatic rings. The van der Waals surface area contributed by atoms with Gasteiger partial charge >= 0.3 is 0 Å². The zero-order valence-corrected chi connectivity index (χ0v) is 11.5. The molecule has 0 amide bonds. The van der Waals surface area contributed by atoms with Crippen molar-refractivity contribution in [2.45, 2.75) is 13.1 Å². The van der Waals surface area contributed by atoms with Gasteiger partial charge in [-0.15, -0.1) is 0 Å². The molecule has 0 aliphatic carbocycles. The monoisotopic (exact) mass is 278 g/mol. The van der Waals surface area contributed by atoms with Crippen LogP contribution < -0.4 is 5.73 Å². The van der Waals surface area contributed by atoms with E-state index < -0.39 is 0 Å². The second-order valence-electron chi connectivity index (χ2n) is 4.64. The van der Waals surface area contributed by atoms with Crippen LogP contribution in [0.4, 0.5) is 10.1 Å². The zero-order valence-electron chi connectivity index (χ0n) is 10.7. The Morgan fingerprint density at radius 3 is 2.42 bits per heavy atom. The van der Waals surface area contributed by atoms with Gasteiger partial charge in [-0.1, -0.05) is 29.8 Å². The highest BCUT2D eigenvalue weighted by molar-refractivity contribution is 6.30. The number of benzene rings is 2. The average molecular weight is 279 g/mol. The third kappa shape index (κ3) is 3.94. The van der Waals surface area contributed by atoms with E-state index in [2.05, 4.69) is 4.90 Å². The summed E-state index contributed by atoms with van der Waals surface area (Å²) in [5.74, 6) is -0.214. The molecule has 0 bridgehead atoms.